The minimum atomic E-state index is -1.02. The van der Waals surface area contributed by atoms with E-state index in [2.05, 4.69) is 29.7 Å². The Balaban J connectivity index is 1.76. The van der Waals surface area contributed by atoms with Gasteiger partial charge in [-0.05, 0) is 63.1 Å². The molecule has 2 heterocycles. The lowest BCUT2D eigenvalue weighted by molar-refractivity contribution is -0.148. The van der Waals surface area contributed by atoms with Crippen molar-refractivity contribution in [1.82, 2.24) is 20.5 Å². The van der Waals surface area contributed by atoms with Crippen LogP contribution in [0, 0.1) is 0 Å². The van der Waals surface area contributed by atoms with Crippen molar-refractivity contribution >= 4 is 12.0 Å². The van der Waals surface area contributed by atoms with Crippen LogP contribution in [0.3, 0.4) is 0 Å². The summed E-state index contributed by atoms with van der Waals surface area (Å²) in [6, 6.07) is 4.34. The van der Waals surface area contributed by atoms with E-state index in [1.807, 2.05) is 4.90 Å². The number of amides is 2. The molecule has 1 saturated heterocycles. The number of hydrogen-bond donors (Lipinski definition) is 3. The summed E-state index contributed by atoms with van der Waals surface area (Å²) in [5, 5.41) is 14.4. The number of aryl methyl sites for hydroxylation is 2. The second-order valence-electron chi connectivity index (χ2n) is 8.53. The van der Waals surface area contributed by atoms with Crippen LogP contribution in [0.4, 0.5) is 4.79 Å². The highest BCUT2D eigenvalue weighted by Gasteiger charge is 2.40. The van der Waals surface area contributed by atoms with Gasteiger partial charge in [-0.3, -0.25) is 9.78 Å². The van der Waals surface area contributed by atoms with Crippen LogP contribution in [0.25, 0.3) is 0 Å². The third-order valence-corrected chi connectivity index (χ3v) is 5.92. The number of rotatable bonds is 12. The molecular weight excluding hydrogens is 412 g/mol. The van der Waals surface area contributed by atoms with Crippen molar-refractivity contribution in [3.05, 3.63) is 29.1 Å². The SMILES string of the molecule is COCCCc1cc(C(C)N(C(=O)C2CNCCO2)C2CC2)cc(CCCNC(=O)O)n1. The summed E-state index contributed by atoms with van der Waals surface area (Å²) in [4.78, 5) is 30.8. The highest BCUT2D eigenvalue weighted by atomic mass is 16.5. The van der Waals surface area contributed by atoms with Gasteiger partial charge in [-0.1, -0.05) is 0 Å². The molecule has 9 nitrogen and oxygen atoms in total. The summed E-state index contributed by atoms with van der Waals surface area (Å²) < 4.78 is 10.9. The predicted octanol–water partition coefficient (Wildman–Crippen LogP) is 1.90. The Morgan fingerprint density at radius 1 is 1.31 bits per heavy atom. The van der Waals surface area contributed by atoms with E-state index >= 15 is 0 Å². The Hall–Kier alpha value is -2.23. The molecular formula is C23H36N4O5. The smallest absolute Gasteiger partial charge is 0.404 e. The third kappa shape index (κ3) is 7.15. The molecule has 3 N–H and O–H groups in total. The van der Waals surface area contributed by atoms with Gasteiger partial charge in [0.2, 0.25) is 0 Å². The van der Waals surface area contributed by atoms with Crippen LogP contribution in [-0.2, 0) is 27.1 Å². The summed E-state index contributed by atoms with van der Waals surface area (Å²) in [5.74, 6) is 0.0529. The monoisotopic (exact) mass is 448 g/mol. The quantitative estimate of drug-likeness (QED) is 0.419. The lowest BCUT2D eigenvalue weighted by Gasteiger charge is -2.34. The van der Waals surface area contributed by atoms with Crippen LogP contribution in [0.5, 0.6) is 0 Å². The van der Waals surface area contributed by atoms with E-state index in [-0.39, 0.29) is 18.0 Å². The topological polar surface area (TPSA) is 113 Å². The zero-order valence-corrected chi connectivity index (χ0v) is 19.1. The van der Waals surface area contributed by atoms with Gasteiger partial charge in [-0.15, -0.1) is 0 Å². The maximum atomic E-state index is 13.3. The fraction of sp³-hybridized carbons (Fsp3) is 0.696. The van der Waals surface area contributed by atoms with Gasteiger partial charge in [0.05, 0.1) is 12.6 Å². The number of nitrogens with one attached hydrogen (secondary N) is 2. The molecule has 0 spiro atoms. The van der Waals surface area contributed by atoms with Crippen molar-refractivity contribution in [3.8, 4) is 0 Å². The number of methoxy groups -OCH3 is 1. The van der Waals surface area contributed by atoms with E-state index in [9.17, 15) is 9.59 Å². The van der Waals surface area contributed by atoms with E-state index in [0.29, 0.717) is 39.1 Å². The summed E-state index contributed by atoms with van der Waals surface area (Å²) in [7, 11) is 1.69. The second-order valence-corrected chi connectivity index (χ2v) is 8.53. The molecule has 1 saturated carbocycles. The molecule has 32 heavy (non-hydrogen) atoms. The van der Waals surface area contributed by atoms with Crippen molar-refractivity contribution in [3.63, 3.8) is 0 Å². The van der Waals surface area contributed by atoms with Crippen LogP contribution in [0.2, 0.25) is 0 Å². The van der Waals surface area contributed by atoms with Gasteiger partial charge in [0.25, 0.3) is 5.91 Å². The molecule has 2 fully saturated rings. The molecule has 1 aromatic heterocycles. The number of carboxylic acid groups (broad SMARTS) is 1. The van der Waals surface area contributed by atoms with Gasteiger partial charge in [-0.2, -0.15) is 0 Å². The number of ether oxygens (including phenoxy) is 2. The fourth-order valence-electron chi connectivity index (χ4n) is 4.13. The van der Waals surface area contributed by atoms with Crippen LogP contribution >= 0.6 is 0 Å². The number of nitrogens with zero attached hydrogens (tertiary/aromatic N) is 2. The second kappa shape index (κ2) is 12.1. The van der Waals surface area contributed by atoms with E-state index in [4.69, 9.17) is 19.6 Å². The van der Waals surface area contributed by atoms with Crippen LogP contribution < -0.4 is 10.6 Å². The Kier molecular flexibility index (Phi) is 9.25. The van der Waals surface area contributed by atoms with Gasteiger partial charge in [0.1, 0.15) is 6.10 Å². The molecule has 2 atom stereocenters. The standard InChI is InChI=1S/C23H36N4O5/c1-16(27(20-7-8-20)22(28)21-15-24-10-12-32-21)17-13-18(5-3-9-25-23(29)30)26-19(14-17)6-4-11-31-2/h13-14,16,20-21,24-25H,3-12,15H2,1-2H3,(H,29,30). The van der Waals surface area contributed by atoms with Gasteiger partial charge < -0.3 is 30.1 Å². The zero-order valence-electron chi connectivity index (χ0n) is 19.1. The normalized spacial score (nSPS) is 19.4. The molecule has 1 aromatic rings. The average molecular weight is 449 g/mol. The van der Waals surface area contributed by atoms with Crippen LogP contribution in [-0.4, -0.2) is 79.1 Å². The Bertz CT molecular complexity index is 765. The van der Waals surface area contributed by atoms with Crippen molar-refractivity contribution < 1.29 is 24.2 Å². The molecule has 2 amide bonds. The number of carbonyl (C=O) groups excluding carboxylic acids is 1. The molecule has 9 heteroatoms. The highest BCUT2D eigenvalue weighted by Crippen LogP contribution is 2.35. The molecule has 2 aliphatic rings. The van der Waals surface area contributed by atoms with E-state index in [1.54, 1.807) is 7.11 Å². The first-order chi connectivity index (χ1) is 15.5. The molecule has 2 unspecified atom stereocenters. The largest absolute Gasteiger partial charge is 0.465 e. The number of carbonyl (C=O) groups is 2. The first-order valence-corrected chi connectivity index (χ1v) is 11.6. The summed E-state index contributed by atoms with van der Waals surface area (Å²) in [6.45, 7) is 5.01. The molecule has 178 valence electrons. The maximum absolute atomic E-state index is 13.3. The van der Waals surface area contributed by atoms with E-state index in [1.165, 1.54) is 0 Å². The van der Waals surface area contributed by atoms with E-state index in [0.717, 1.165) is 49.2 Å². The molecule has 0 aromatic carbocycles. The molecule has 0 bridgehead atoms. The van der Waals surface area contributed by atoms with Crippen molar-refractivity contribution in [2.24, 2.45) is 0 Å². The van der Waals surface area contributed by atoms with Gasteiger partial charge in [0, 0.05) is 50.8 Å². The van der Waals surface area contributed by atoms with Gasteiger partial charge >= 0.3 is 6.09 Å². The lowest BCUT2D eigenvalue weighted by atomic mass is 10.0. The summed E-state index contributed by atoms with van der Waals surface area (Å²) >= 11 is 0. The third-order valence-electron chi connectivity index (χ3n) is 5.92. The fourth-order valence-corrected chi connectivity index (χ4v) is 4.13. The van der Waals surface area contributed by atoms with Crippen molar-refractivity contribution in [2.45, 2.75) is 63.6 Å². The zero-order chi connectivity index (χ0) is 22.9. The Morgan fingerprint density at radius 2 is 2.03 bits per heavy atom. The average Bonchev–Trinajstić information content (AvgIpc) is 3.62. The molecule has 3 rings (SSSR count). The predicted molar refractivity (Wildman–Crippen MR) is 120 cm³/mol. The first-order valence-electron chi connectivity index (χ1n) is 11.6. The lowest BCUT2D eigenvalue weighted by Crippen LogP contribution is -2.50. The maximum Gasteiger partial charge on any atom is 0.404 e. The molecule has 1 aliphatic heterocycles. The molecule has 0 radical (unpaired) electrons. The highest BCUT2D eigenvalue weighted by molar-refractivity contribution is 5.82. The van der Waals surface area contributed by atoms with Crippen molar-refractivity contribution in [1.29, 1.82) is 0 Å². The minimum absolute atomic E-state index is 0.0529. The minimum Gasteiger partial charge on any atom is -0.465 e. The van der Waals surface area contributed by atoms with Crippen molar-refractivity contribution in [2.75, 3.05) is 40.0 Å². The summed E-state index contributed by atoms with van der Waals surface area (Å²) in [6.07, 6.45) is 3.60. The Morgan fingerprint density at radius 3 is 2.62 bits per heavy atom. The summed E-state index contributed by atoms with van der Waals surface area (Å²) in [5.41, 5.74) is 2.97. The van der Waals surface area contributed by atoms with Crippen LogP contribution in [0.1, 0.15) is 55.6 Å². The van der Waals surface area contributed by atoms with E-state index < -0.39 is 12.2 Å². The number of aromatic nitrogens is 1. The number of pyridine rings is 1. The number of hydrogen-bond acceptors (Lipinski definition) is 6. The van der Waals surface area contributed by atoms with Crippen LogP contribution in [0.15, 0.2) is 12.1 Å². The van der Waals surface area contributed by atoms with Gasteiger partial charge in [-0.25, -0.2) is 4.79 Å². The van der Waals surface area contributed by atoms with Gasteiger partial charge in [0.15, 0.2) is 0 Å². The first kappa shape index (κ1) is 24.4. The number of morpholine rings is 1. The Labute approximate surface area is 189 Å². The molecule has 1 aliphatic carbocycles.